The van der Waals surface area contributed by atoms with Gasteiger partial charge in [-0.05, 0) is 19.9 Å². The van der Waals surface area contributed by atoms with Crippen LogP contribution in [0.3, 0.4) is 0 Å². The van der Waals surface area contributed by atoms with Gasteiger partial charge in [-0.3, -0.25) is 4.99 Å². The number of amidine groups is 1. The molecule has 0 bridgehead atoms. The van der Waals surface area contributed by atoms with E-state index in [4.69, 9.17) is 11.6 Å². The molecule has 0 fully saturated rings. The third-order valence-corrected chi connectivity index (χ3v) is 4.47. The van der Waals surface area contributed by atoms with Crippen molar-refractivity contribution in [2.24, 2.45) is 4.99 Å². The Bertz CT molecular complexity index is 524. The van der Waals surface area contributed by atoms with E-state index in [9.17, 15) is 0 Å². The third kappa shape index (κ3) is 4.53. The van der Waals surface area contributed by atoms with Gasteiger partial charge in [0.1, 0.15) is 5.69 Å². The molecular weight excluding hydrogens is 407 g/mol. The lowest BCUT2D eigenvalue weighted by atomic mass is 10.4. The summed E-state index contributed by atoms with van der Waals surface area (Å²) in [6, 6.07) is 0. The number of alkyl halides is 1. The molecule has 0 saturated carbocycles. The van der Waals surface area contributed by atoms with Gasteiger partial charge in [0.25, 0.3) is 0 Å². The Hall–Kier alpha value is -0.470. The van der Waals surface area contributed by atoms with E-state index in [1.807, 2.05) is 38.1 Å². The van der Waals surface area contributed by atoms with Crippen molar-refractivity contribution >= 4 is 62.5 Å². The molecule has 20 heavy (non-hydrogen) atoms. The number of aromatic nitrogens is 2. The van der Waals surface area contributed by atoms with Gasteiger partial charge < -0.3 is 4.90 Å². The summed E-state index contributed by atoms with van der Waals surface area (Å²) in [4.78, 5) is 6.47. The Balaban J connectivity index is 3.10. The molecule has 4 nitrogen and oxygen atoms in total. The summed E-state index contributed by atoms with van der Waals surface area (Å²) in [7, 11) is 1.95. The Labute approximate surface area is 143 Å². The molecule has 0 aliphatic heterocycles. The van der Waals surface area contributed by atoms with Gasteiger partial charge in [-0.2, -0.15) is 5.10 Å². The van der Waals surface area contributed by atoms with Crippen LogP contribution < -0.4 is 4.90 Å². The summed E-state index contributed by atoms with van der Waals surface area (Å²) >= 11 is 10.2. The fourth-order valence-corrected chi connectivity index (χ4v) is 3.23. The van der Waals surface area contributed by atoms with Crippen LogP contribution in [0.4, 0.5) is 5.69 Å². The molecule has 0 aromatic carbocycles. The van der Waals surface area contributed by atoms with E-state index in [2.05, 4.69) is 39.3 Å². The number of hydrogen-bond donors (Lipinski definition) is 0. The van der Waals surface area contributed by atoms with E-state index < -0.39 is 0 Å². The van der Waals surface area contributed by atoms with E-state index in [1.165, 1.54) is 0 Å². The Morgan fingerprint density at radius 2 is 2.40 bits per heavy atom. The van der Waals surface area contributed by atoms with Gasteiger partial charge in [0, 0.05) is 19.3 Å². The molecule has 1 aromatic heterocycles. The number of hydrogen-bond acceptors (Lipinski definition) is 3. The second-order valence-electron chi connectivity index (χ2n) is 3.86. The molecule has 7 heteroatoms. The zero-order valence-electron chi connectivity index (χ0n) is 11.8. The first-order valence-electron chi connectivity index (χ1n) is 6.06. The largest absolute Gasteiger partial charge is 0.320 e. The fourth-order valence-electron chi connectivity index (χ4n) is 1.53. The van der Waals surface area contributed by atoms with Crippen LogP contribution in [0.25, 0.3) is 5.70 Å². The summed E-state index contributed by atoms with van der Waals surface area (Å²) in [5, 5.41) is 5.71. The van der Waals surface area contributed by atoms with Crippen molar-refractivity contribution in [1.82, 2.24) is 9.78 Å². The predicted molar refractivity (Wildman–Crippen MR) is 100 cm³/mol. The molecule has 0 amide bonds. The first-order chi connectivity index (χ1) is 9.54. The number of rotatable bonds is 5. The lowest BCUT2D eigenvalue weighted by molar-refractivity contribution is 0.896. The van der Waals surface area contributed by atoms with Crippen LogP contribution in [0.5, 0.6) is 0 Å². The van der Waals surface area contributed by atoms with Crippen molar-refractivity contribution in [1.29, 1.82) is 0 Å². The van der Waals surface area contributed by atoms with Crippen molar-refractivity contribution in [3.05, 3.63) is 30.1 Å². The summed E-state index contributed by atoms with van der Waals surface area (Å²) in [5.74, 6) is 0. The normalized spacial score (nSPS) is 12.7. The Morgan fingerprint density at radius 1 is 1.70 bits per heavy atom. The highest BCUT2D eigenvalue weighted by atomic mass is 127. The molecular formula is C13H18ClIN4S. The van der Waals surface area contributed by atoms with Gasteiger partial charge in [-0.25, -0.2) is 4.68 Å². The van der Waals surface area contributed by atoms with Crippen LogP contribution in [0.15, 0.2) is 29.9 Å². The molecule has 1 aromatic rings. The molecule has 0 atom stereocenters. The average molecular weight is 425 g/mol. The van der Waals surface area contributed by atoms with Crippen molar-refractivity contribution in [2.45, 2.75) is 13.8 Å². The van der Waals surface area contributed by atoms with Crippen molar-refractivity contribution in [3.8, 4) is 0 Å². The van der Waals surface area contributed by atoms with E-state index in [-0.39, 0.29) is 0 Å². The van der Waals surface area contributed by atoms with Crippen LogP contribution in [-0.4, -0.2) is 32.3 Å². The van der Waals surface area contributed by atoms with Crippen LogP contribution >= 0.6 is 46.0 Å². The summed E-state index contributed by atoms with van der Waals surface area (Å²) < 4.78 is 2.68. The van der Waals surface area contributed by atoms with Gasteiger partial charge in [-0.1, -0.05) is 58.6 Å². The Kier molecular flexibility index (Phi) is 7.68. The van der Waals surface area contributed by atoms with Crippen molar-refractivity contribution in [2.75, 3.05) is 22.3 Å². The standard InChI is InChI=1S/C13H18ClIN4S/c1-5-7-10(3)19-8-11(12(14)17-19)18(4)13(16-6-2)20-9-15/h5,7-8H,1,6,9H2,2-4H3/b10-7+,16-13-. The minimum absolute atomic E-state index is 0.460. The molecule has 0 aliphatic rings. The highest BCUT2D eigenvalue weighted by Gasteiger charge is 2.16. The van der Waals surface area contributed by atoms with Crippen LogP contribution in [0.2, 0.25) is 5.15 Å². The molecule has 0 aliphatic carbocycles. The van der Waals surface area contributed by atoms with E-state index in [1.54, 1.807) is 22.5 Å². The fraction of sp³-hybridized carbons (Fsp3) is 0.385. The minimum atomic E-state index is 0.460. The molecule has 0 N–H and O–H groups in total. The number of nitrogens with zero attached hydrogens (tertiary/aromatic N) is 4. The topological polar surface area (TPSA) is 33.4 Å². The van der Waals surface area contributed by atoms with Gasteiger partial charge in [0.15, 0.2) is 10.3 Å². The highest BCUT2D eigenvalue weighted by molar-refractivity contribution is 14.1. The molecule has 0 saturated heterocycles. The molecule has 1 rings (SSSR count). The summed E-state index contributed by atoms with van der Waals surface area (Å²) in [5.41, 5.74) is 1.80. The zero-order chi connectivity index (χ0) is 15.1. The maximum absolute atomic E-state index is 6.24. The maximum Gasteiger partial charge on any atom is 0.175 e. The number of allylic oxidation sites excluding steroid dienone is 3. The minimum Gasteiger partial charge on any atom is -0.320 e. The Morgan fingerprint density at radius 3 is 2.95 bits per heavy atom. The number of thioether (sulfide) groups is 1. The number of halogens is 2. The van der Waals surface area contributed by atoms with Gasteiger partial charge in [0.05, 0.1) is 9.96 Å². The zero-order valence-corrected chi connectivity index (χ0v) is 15.5. The van der Waals surface area contributed by atoms with Gasteiger partial charge in [-0.15, -0.1) is 0 Å². The number of aliphatic imine (C=N–C) groups is 1. The third-order valence-electron chi connectivity index (χ3n) is 2.50. The lowest BCUT2D eigenvalue weighted by Gasteiger charge is -2.18. The van der Waals surface area contributed by atoms with Crippen LogP contribution in [0, 0.1) is 0 Å². The van der Waals surface area contributed by atoms with Gasteiger partial charge in [0.2, 0.25) is 0 Å². The smallest absolute Gasteiger partial charge is 0.175 e. The average Bonchev–Trinajstić information content (AvgIpc) is 2.80. The molecule has 1 heterocycles. The summed E-state index contributed by atoms with van der Waals surface area (Å²) in [6.45, 7) is 8.40. The molecule has 0 unspecified atom stereocenters. The van der Waals surface area contributed by atoms with Crippen LogP contribution in [0.1, 0.15) is 13.8 Å². The first kappa shape index (κ1) is 17.6. The molecule has 0 spiro atoms. The van der Waals surface area contributed by atoms with Gasteiger partial charge >= 0.3 is 0 Å². The van der Waals surface area contributed by atoms with Crippen molar-refractivity contribution in [3.63, 3.8) is 0 Å². The molecule has 0 radical (unpaired) electrons. The molecule has 110 valence electrons. The highest BCUT2D eigenvalue weighted by Crippen LogP contribution is 2.27. The predicted octanol–water partition coefficient (Wildman–Crippen LogP) is 4.52. The second kappa shape index (κ2) is 8.74. The quantitative estimate of drug-likeness (QED) is 0.229. The summed E-state index contributed by atoms with van der Waals surface area (Å²) in [6.07, 6.45) is 5.51. The SMILES string of the molecule is C=C/C=C(\C)n1cc(N(C)/C(=N/CC)SCI)c(Cl)n1. The monoisotopic (exact) mass is 424 g/mol. The maximum atomic E-state index is 6.24. The second-order valence-corrected chi connectivity index (χ2v) is 6.96. The van der Waals surface area contributed by atoms with E-state index in [0.717, 1.165) is 26.9 Å². The van der Waals surface area contributed by atoms with Crippen molar-refractivity contribution < 1.29 is 0 Å². The first-order valence-corrected chi connectivity index (χ1v) is 8.95. The number of anilines is 1. The van der Waals surface area contributed by atoms with E-state index in [0.29, 0.717) is 5.15 Å². The lowest BCUT2D eigenvalue weighted by Crippen LogP contribution is -2.23. The van der Waals surface area contributed by atoms with Crippen LogP contribution in [-0.2, 0) is 0 Å². The van der Waals surface area contributed by atoms with E-state index >= 15 is 0 Å².